The standard InChI is InChI=1S/C18H24N/c1-7-17(19(5)6)16-9-8-15-13(3)10-12(2)11-14(4)18(15)16/h8-11H,7H2,1-6H3/q+1. The van der Waals surface area contributed by atoms with E-state index in [9.17, 15) is 0 Å². The molecular weight excluding hydrogens is 230 g/mol. The van der Waals surface area contributed by atoms with Crippen LogP contribution in [0.25, 0.3) is 11.1 Å². The van der Waals surface area contributed by atoms with Gasteiger partial charge in [-0.2, -0.15) is 0 Å². The first-order valence-corrected chi connectivity index (χ1v) is 6.99. The first-order chi connectivity index (χ1) is 8.95. The summed E-state index contributed by atoms with van der Waals surface area (Å²) in [4.78, 5) is 0. The Morgan fingerprint density at radius 1 is 1.00 bits per heavy atom. The monoisotopic (exact) mass is 254 g/mol. The first kappa shape index (κ1) is 13.8. The lowest BCUT2D eigenvalue weighted by Gasteiger charge is -2.06. The Morgan fingerprint density at radius 2 is 1.63 bits per heavy atom. The van der Waals surface area contributed by atoms with Crippen molar-refractivity contribution in [1.29, 1.82) is 0 Å². The maximum atomic E-state index is 2.29. The van der Waals surface area contributed by atoms with Crippen molar-refractivity contribution in [3.63, 3.8) is 0 Å². The summed E-state index contributed by atoms with van der Waals surface area (Å²) < 4.78 is 2.24. The molecular formula is C18H24N+. The molecule has 0 spiro atoms. The highest BCUT2D eigenvalue weighted by molar-refractivity contribution is 6.05. The van der Waals surface area contributed by atoms with Crippen molar-refractivity contribution < 1.29 is 4.58 Å². The Kier molecular flexibility index (Phi) is 3.75. The van der Waals surface area contributed by atoms with Gasteiger partial charge in [0.05, 0.1) is 0 Å². The van der Waals surface area contributed by atoms with Crippen molar-refractivity contribution in [2.75, 3.05) is 14.1 Å². The summed E-state index contributed by atoms with van der Waals surface area (Å²) in [6, 6.07) is 9.12. The van der Waals surface area contributed by atoms with Crippen molar-refractivity contribution in [3.8, 4) is 11.1 Å². The molecule has 1 nitrogen and oxygen atoms in total. The van der Waals surface area contributed by atoms with Crippen molar-refractivity contribution in [2.24, 2.45) is 0 Å². The van der Waals surface area contributed by atoms with Gasteiger partial charge in [-0.1, -0.05) is 30.7 Å². The van der Waals surface area contributed by atoms with Crippen LogP contribution in [0.4, 0.5) is 0 Å². The normalized spacial score (nSPS) is 10.8. The third kappa shape index (κ3) is 2.42. The van der Waals surface area contributed by atoms with E-state index in [1.54, 1.807) is 0 Å². The third-order valence-corrected chi connectivity index (χ3v) is 3.85. The highest BCUT2D eigenvalue weighted by Crippen LogP contribution is 2.34. The van der Waals surface area contributed by atoms with Crippen LogP contribution in [0, 0.1) is 20.8 Å². The average molecular weight is 254 g/mol. The van der Waals surface area contributed by atoms with Crippen LogP contribution in [0.3, 0.4) is 0 Å². The predicted molar refractivity (Wildman–Crippen MR) is 83.8 cm³/mol. The van der Waals surface area contributed by atoms with Gasteiger partial charge in [-0.05, 0) is 49.1 Å². The van der Waals surface area contributed by atoms with Crippen LogP contribution < -0.4 is 0 Å². The van der Waals surface area contributed by atoms with Gasteiger partial charge in [-0.15, -0.1) is 0 Å². The van der Waals surface area contributed by atoms with E-state index in [4.69, 9.17) is 0 Å². The van der Waals surface area contributed by atoms with Gasteiger partial charge < -0.3 is 0 Å². The van der Waals surface area contributed by atoms with Crippen molar-refractivity contribution >= 4 is 5.71 Å². The van der Waals surface area contributed by atoms with Gasteiger partial charge in [-0.25, -0.2) is 4.58 Å². The first-order valence-electron chi connectivity index (χ1n) is 6.99. The summed E-state index contributed by atoms with van der Waals surface area (Å²) in [5, 5.41) is 0. The topological polar surface area (TPSA) is 3.01 Å². The highest BCUT2D eigenvalue weighted by Gasteiger charge is 2.20. The molecule has 2 aliphatic rings. The fourth-order valence-electron chi connectivity index (χ4n) is 3.09. The van der Waals surface area contributed by atoms with E-state index in [1.165, 1.54) is 39.1 Å². The fraction of sp³-hybridized carbons (Fsp3) is 0.389. The summed E-state index contributed by atoms with van der Waals surface area (Å²) in [6.45, 7) is 8.83. The molecule has 0 saturated carbocycles. The molecule has 0 aliphatic heterocycles. The fourth-order valence-corrected chi connectivity index (χ4v) is 3.09. The summed E-state index contributed by atoms with van der Waals surface area (Å²) in [5.74, 6) is 0. The molecule has 0 aromatic heterocycles. The molecule has 0 aromatic rings. The van der Waals surface area contributed by atoms with Crippen LogP contribution in [-0.2, 0) is 0 Å². The number of nitrogens with zero attached hydrogens (tertiary/aromatic N) is 1. The Bertz CT molecular complexity index is 616. The van der Waals surface area contributed by atoms with Crippen LogP contribution in [-0.4, -0.2) is 24.4 Å². The summed E-state index contributed by atoms with van der Waals surface area (Å²) in [5.41, 5.74) is 9.65. The van der Waals surface area contributed by atoms with E-state index in [2.05, 4.69) is 70.6 Å². The summed E-state index contributed by atoms with van der Waals surface area (Å²) in [7, 11) is 4.27. The van der Waals surface area contributed by atoms with Crippen molar-refractivity contribution in [1.82, 2.24) is 0 Å². The zero-order valence-corrected chi connectivity index (χ0v) is 13.0. The lowest BCUT2D eigenvalue weighted by atomic mass is 9.98. The smallest absolute Gasteiger partial charge is 0.183 e. The molecule has 0 bridgehead atoms. The molecule has 2 rings (SSSR count). The molecule has 0 atom stereocenters. The Hall–Kier alpha value is -1.63. The summed E-state index contributed by atoms with van der Waals surface area (Å²) in [6.07, 6.45) is 1.06. The van der Waals surface area contributed by atoms with E-state index in [0.29, 0.717) is 0 Å². The van der Waals surface area contributed by atoms with Crippen LogP contribution in [0.1, 0.15) is 35.6 Å². The van der Waals surface area contributed by atoms with Crippen molar-refractivity contribution in [3.05, 3.63) is 46.5 Å². The minimum Gasteiger partial charge on any atom is -0.238 e. The third-order valence-electron chi connectivity index (χ3n) is 3.85. The van der Waals surface area contributed by atoms with E-state index in [0.717, 1.165) is 6.42 Å². The number of fused-ring (bicyclic) bond motifs is 1. The number of hydrogen-bond acceptors (Lipinski definition) is 0. The van der Waals surface area contributed by atoms with Gasteiger partial charge >= 0.3 is 0 Å². The molecule has 0 radical (unpaired) electrons. The van der Waals surface area contributed by atoms with E-state index >= 15 is 0 Å². The van der Waals surface area contributed by atoms with E-state index < -0.39 is 0 Å². The summed E-state index contributed by atoms with van der Waals surface area (Å²) >= 11 is 0. The second-order valence-electron chi connectivity index (χ2n) is 5.63. The molecule has 19 heavy (non-hydrogen) atoms. The van der Waals surface area contributed by atoms with Crippen LogP contribution in [0.15, 0.2) is 24.3 Å². The Morgan fingerprint density at radius 3 is 2.21 bits per heavy atom. The molecule has 0 N–H and O–H groups in total. The van der Waals surface area contributed by atoms with Crippen LogP contribution >= 0.6 is 0 Å². The number of rotatable bonds is 2. The van der Waals surface area contributed by atoms with Gasteiger partial charge in [0.25, 0.3) is 0 Å². The molecule has 0 saturated heterocycles. The molecule has 0 aromatic carbocycles. The SMILES string of the molecule is CCC(c1ccc2c(C)cc(C)cc(C)c1-2)=[N+](C)C. The molecule has 1 heteroatoms. The number of aryl methyl sites for hydroxylation is 3. The Balaban J connectivity index is 2.81. The largest absolute Gasteiger partial charge is 0.238 e. The molecule has 0 fully saturated rings. The van der Waals surface area contributed by atoms with E-state index in [-0.39, 0.29) is 0 Å². The van der Waals surface area contributed by atoms with E-state index in [1.807, 2.05) is 0 Å². The van der Waals surface area contributed by atoms with Gasteiger partial charge in [0, 0.05) is 12.0 Å². The van der Waals surface area contributed by atoms with Gasteiger partial charge in [0.2, 0.25) is 0 Å². The second kappa shape index (κ2) is 5.16. The molecule has 0 heterocycles. The van der Waals surface area contributed by atoms with Gasteiger partial charge in [-0.3, -0.25) is 0 Å². The van der Waals surface area contributed by atoms with Crippen LogP contribution in [0.2, 0.25) is 0 Å². The zero-order valence-electron chi connectivity index (χ0n) is 13.0. The minimum atomic E-state index is 1.06. The lowest BCUT2D eigenvalue weighted by molar-refractivity contribution is -0.465. The zero-order chi connectivity index (χ0) is 14.2. The average Bonchev–Trinajstić information content (AvgIpc) is 2.69. The van der Waals surface area contributed by atoms with Gasteiger partial charge in [0.15, 0.2) is 5.71 Å². The maximum Gasteiger partial charge on any atom is 0.183 e. The molecule has 0 amide bonds. The highest BCUT2D eigenvalue weighted by atomic mass is 14.9. The minimum absolute atomic E-state index is 1.06. The second-order valence-corrected chi connectivity index (χ2v) is 5.63. The predicted octanol–water partition coefficient (Wildman–Crippen LogP) is 4.19. The Labute approximate surface area is 116 Å². The van der Waals surface area contributed by atoms with Crippen LogP contribution in [0.5, 0.6) is 0 Å². The number of hydrogen-bond donors (Lipinski definition) is 0. The maximum absolute atomic E-state index is 2.29. The molecule has 2 aliphatic carbocycles. The molecule has 100 valence electrons. The lowest BCUT2D eigenvalue weighted by Crippen LogP contribution is -2.13. The molecule has 0 unspecified atom stereocenters. The van der Waals surface area contributed by atoms with Gasteiger partial charge in [0.1, 0.15) is 14.1 Å². The van der Waals surface area contributed by atoms with Crippen molar-refractivity contribution in [2.45, 2.75) is 34.1 Å². The quantitative estimate of drug-likeness (QED) is 0.558.